The topological polar surface area (TPSA) is 77.0 Å². The molecule has 3 heterocycles. The molecule has 5 rings (SSSR count). The van der Waals surface area contributed by atoms with Crippen molar-refractivity contribution in [1.29, 1.82) is 0 Å². The van der Waals surface area contributed by atoms with Crippen molar-refractivity contribution < 1.29 is 19.0 Å². The number of anilines is 1. The van der Waals surface area contributed by atoms with E-state index in [9.17, 15) is 4.79 Å². The van der Waals surface area contributed by atoms with Gasteiger partial charge in [0.2, 0.25) is 0 Å². The number of hydrogen-bond acceptors (Lipinski definition) is 7. The molecule has 2 aliphatic heterocycles. The molecule has 1 fully saturated rings. The molecule has 2 aromatic carbocycles. The van der Waals surface area contributed by atoms with E-state index in [1.165, 1.54) is 0 Å². The van der Waals surface area contributed by atoms with Crippen LogP contribution in [0.3, 0.4) is 0 Å². The van der Waals surface area contributed by atoms with Crippen LogP contribution >= 0.6 is 0 Å². The lowest BCUT2D eigenvalue weighted by atomic mass is 10.1. The van der Waals surface area contributed by atoms with Crippen molar-refractivity contribution >= 4 is 22.6 Å². The summed E-state index contributed by atoms with van der Waals surface area (Å²) in [5, 5.41) is 0.926. The smallest absolute Gasteiger partial charge is 0.260 e. The van der Waals surface area contributed by atoms with Crippen molar-refractivity contribution in [3.8, 4) is 17.2 Å². The second-order valence-corrected chi connectivity index (χ2v) is 8.09. The first kappa shape index (κ1) is 20.4. The lowest BCUT2D eigenvalue weighted by Gasteiger charge is -2.35. The fraction of sp³-hybridized carbons (Fsp3) is 0.375. The number of piperazine rings is 1. The number of hydrogen-bond donors (Lipinski definition) is 0. The molecule has 2 aliphatic rings. The van der Waals surface area contributed by atoms with Crippen LogP contribution in [0.1, 0.15) is 11.1 Å². The molecular weight excluding hydrogens is 408 g/mol. The van der Waals surface area contributed by atoms with Gasteiger partial charge >= 0.3 is 0 Å². The summed E-state index contributed by atoms with van der Waals surface area (Å²) in [6, 6.07) is 9.83. The van der Waals surface area contributed by atoms with Crippen molar-refractivity contribution in [2.75, 3.05) is 50.9 Å². The summed E-state index contributed by atoms with van der Waals surface area (Å²) in [7, 11) is 0. The minimum Gasteiger partial charge on any atom is -0.486 e. The van der Waals surface area contributed by atoms with E-state index in [4.69, 9.17) is 14.2 Å². The highest BCUT2D eigenvalue weighted by Gasteiger charge is 2.25. The number of carbonyl (C=O) groups is 1. The number of nitrogens with zero attached hydrogens (tertiary/aromatic N) is 4. The van der Waals surface area contributed by atoms with E-state index >= 15 is 0 Å². The molecule has 3 aromatic rings. The van der Waals surface area contributed by atoms with E-state index < -0.39 is 0 Å². The second-order valence-electron chi connectivity index (χ2n) is 8.09. The van der Waals surface area contributed by atoms with Crippen LogP contribution in [0.25, 0.3) is 10.9 Å². The van der Waals surface area contributed by atoms with Gasteiger partial charge in [-0.25, -0.2) is 9.97 Å². The molecule has 1 aromatic heterocycles. The molecule has 0 saturated carbocycles. The quantitative estimate of drug-likeness (QED) is 0.625. The number of amides is 1. The summed E-state index contributed by atoms with van der Waals surface area (Å²) in [6.07, 6.45) is 1.57. The number of ether oxygens (including phenoxy) is 3. The van der Waals surface area contributed by atoms with Crippen molar-refractivity contribution in [3.63, 3.8) is 0 Å². The lowest BCUT2D eigenvalue weighted by molar-refractivity contribution is -0.133. The predicted molar refractivity (Wildman–Crippen MR) is 121 cm³/mol. The normalized spacial score (nSPS) is 15.7. The standard InChI is InChI=1S/C24H26N4O4/c1-16-4-3-5-17(2)23(16)32-14-22(29)27-6-8-28(9-7-27)24-18-12-20-21(31-11-10-30-20)13-19(18)25-15-26-24/h3-5,12-13,15H,6-11,14H2,1-2H3. The Morgan fingerprint density at radius 1 is 1.00 bits per heavy atom. The van der Waals surface area contributed by atoms with Gasteiger partial charge in [-0.15, -0.1) is 0 Å². The monoisotopic (exact) mass is 434 g/mol. The van der Waals surface area contributed by atoms with Crippen LogP contribution in [0.2, 0.25) is 0 Å². The number of carbonyl (C=O) groups excluding carboxylic acids is 1. The van der Waals surface area contributed by atoms with Gasteiger partial charge in [0.05, 0.1) is 5.52 Å². The Kier molecular flexibility index (Phi) is 5.43. The van der Waals surface area contributed by atoms with Gasteiger partial charge in [-0.05, 0) is 31.0 Å². The molecule has 1 saturated heterocycles. The minimum absolute atomic E-state index is 0.000493. The zero-order valence-electron chi connectivity index (χ0n) is 18.3. The SMILES string of the molecule is Cc1cccc(C)c1OCC(=O)N1CCN(c2ncnc3cc4c(cc23)OCCO4)CC1. The van der Waals surface area contributed by atoms with Gasteiger partial charge in [0, 0.05) is 37.6 Å². The van der Waals surface area contributed by atoms with Crippen molar-refractivity contribution in [2.24, 2.45) is 0 Å². The van der Waals surface area contributed by atoms with Crippen LogP contribution in [0, 0.1) is 13.8 Å². The lowest BCUT2D eigenvalue weighted by Crippen LogP contribution is -2.50. The maximum Gasteiger partial charge on any atom is 0.260 e. The highest BCUT2D eigenvalue weighted by Crippen LogP contribution is 2.36. The van der Waals surface area contributed by atoms with Gasteiger partial charge in [0.25, 0.3) is 5.91 Å². The largest absolute Gasteiger partial charge is 0.486 e. The fourth-order valence-corrected chi connectivity index (χ4v) is 4.25. The third-order valence-corrected chi connectivity index (χ3v) is 5.96. The summed E-state index contributed by atoms with van der Waals surface area (Å²) >= 11 is 0. The maximum atomic E-state index is 12.7. The Labute approximate surface area is 186 Å². The fourth-order valence-electron chi connectivity index (χ4n) is 4.25. The number of para-hydroxylation sites is 1. The molecule has 0 unspecified atom stereocenters. The number of aryl methyl sites for hydroxylation is 2. The molecule has 0 N–H and O–H groups in total. The van der Waals surface area contributed by atoms with E-state index in [1.54, 1.807) is 6.33 Å². The summed E-state index contributed by atoms with van der Waals surface area (Å²) in [4.78, 5) is 25.7. The molecule has 0 bridgehead atoms. The average molecular weight is 434 g/mol. The molecule has 0 aliphatic carbocycles. The summed E-state index contributed by atoms with van der Waals surface area (Å²) in [6.45, 7) is 7.72. The minimum atomic E-state index is -0.000493. The van der Waals surface area contributed by atoms with Gasteiger partial charge in [-0.2, -0.15) is 0 Å². The third kappa shape index (κ3) is 3.88. The van der Waals surface area contributed by atoms with E-state index in [2.05, 4.69) is 14.9 Å². The first-order valence-corrected chi connectivity index (χ1v) is 10.9. The Hall–Kier alpha value is -3.55. The van der Waals surface area contributed by atoms with E-state index in [0.29, 0.717) is 45.1 Å². The number of aromatic nitrogens is 2. The average Bonchev–Trinajstić information content (AvgIpc) is 2.82. The first-order valence-electron chi connectivity index (χ1n) is 10.9. The van der Waals surface area contributed by atoms with Gasteiger partial charge in [-0.1, -0.05) is 18.2 Å². The molecule has 166 valence electrons. The summed E-state index contributed by atoms with van der Waals surface area (Å²) < 4.78 is 17.3. The number of rotatable bonds is 4. The van der Waals surface area contributed by atoms with Gasteiger partial charge in [-0.3, -0.25) is 4.79 Å². The number of fused-ring (bicyclic) bond motifs is 2. The Morgan fingerprint density at radius 2 is 1.69 bits per heavy atom. The zero-order valence-corrected chi connectivity index (χ0v) is 18.3. The van der Waals surface area contributed by atoms with Crippen LogP contribution in [0.5, 0.6) is 17.2 Å². The van der Waals surface area contributed by atoms with Crippen LogP contribution < -0.4 is 19.1 Å². The van der Waals surface area contributed by atoms with Crippen LogP contribution in [0.4, 0.5) is 5.82 Å². The molecule has 0 radical (unpaired) electrons. The maximum absolute atomic E-state index is 12.7. The zero-order chi connectivity index (χ0) is 22.1. The Balaban J connectivity index is 1.26. The number of benzene rings is 2. The molecule has 0 spiro atoms. The first-order chi connectivity index (χ1) is 15.6. The highest BCUT2D eigenvalue weighted by molar-refractivity contribution is 5.92. The van der Waals surface area contributed by atoms with E-state index in [-0.39, 0.29) is 12.5 Å². The molecule has 32 heavy (non-hydrogen) atoms. The van der Waals surface area contributed by atoms with Gasteiger partial charge in [0.15, 0.2) is 18.1 Å². The summed E-state index contributed by atoms with van der Waals surface area (Å²) in [5.74, 6) is 3.08. The van der Waals surface area contributed by atoms with Crippen LogP contribution in [-0.2, 0) is 4.79 Å². The van der Waals surface area contributed by atoms with Gasteiger partial charge < -0.3 is 24.0 Å². The Bertz CT molecular complexity index is 1140. The van der Waals surface area contributed by atoms with E-state index in [1.807, 2.05) is 49.1 Å². The molecule has 8 nitrogen and oxygen atoms in total. The van der Waals surface area contributed by atoms with Crippen molar-refractivity contribution in [1.82, 2.24) is 14.9 Å². The van der Waals surface area contributed by atoms with Gasteiger partial charge in [0.1, 0.15) is 31.1 Å². The third-order valence-electron chi connectivity index (χ3n) is 5.96. The molecular formula is C24H26N4O4. The van der Waals surface area contributed by atoms with Crippen LogP contribution in [-0.4, -0.2) is 66.8 Å². The summed E-state index contributed by atoms with van der Waals surface area (Å²) in [5.41, 5.74) is 2.89. The molecule has 0 atom stereocenters. The van der Waals surface area contributed by atoms with Crippen LogP contribution in [0.15, 0.2) is 36.7 Å². The molecule has 8 heteroatoms. The van der Waals surface area contributed by atoms with Crippen molar-refractivity contribution in [2.45, 2.75) is 13.8 Å². The highest BCUT2D eigenvalue weighted by atomic mass is 16.6. The van der Waals surface area contributed by atoms with E-state index in [0.717, 1.165) is 39.3 Å². The molecule has 1 amide bonds. The predicted octanol–water partition coefficient (Wildman–Crippen LogP) is 2.75. The van der Waals surface area contributed by atoms with Crippen molar-refractivity contribution in [3.05, 3.63) is 47.8 Å². The second kappa shape index (κ2) is 8.53. The Morgan fingerprint density at radius 3 is 2.41 bits per heavy atom.